The quantitative estimate of drug-likeness (QED) is 0.829. The fraction of sp³-hybridized carbons (Fsp3) is 0.600. The molecule has 0 amide bonds. The summed E-state index contributed by atoms with van der Waals surface area (Å²) in [4.78, 5) is 14.5. The van der Waals surface area contributed by atoms with Crippen LogP contribution in [-0.2, 0) is 14.8 Å². The monoisotopic (exact) mass is 306 g/mol. The summed E-state index contributed by atoms with van der Waals surface area (Å²) in [6.45, 7) is 2.33. The van der Waals surface area contributed by atoms with E-state index in [0.29, 0.717) is 6.61 Å². The van der Waals surface area contributed by atoms with Gasteiger partial charge in [0.1, 0.15) is 0 Å². The van der Waals surface area contributed by atoms with Gasteiger partial charge in [-0.15, -0.1) is 11.3 Å². The zero-order valence-electron chi connectivity index (χ0n) is 10.2. The normalized spacial score (nSPS) is 21.4. The Balaban J connectivity index is 2.17. The van der Waals surface area contributed by atoms with Crippen molar-refractivity contribution in [2.24, 2.45) is 0 Å². The van der Waals surface area contributed by atoms with Gasteiger partial charge in [0.25, 0.3) is 10.0 Å². The van der Waals surface area contributed by atoms with Gasteiger partial charge < -0.3 is 9.84 Å². The summed E-state index contributed by atoms with van der Waals surface area (Å²) in [6.07, 6.45) is 1.52. The molecule has 1 aliphatic heterocycles. The Kier molecular flexibility index (Phi) is 4.19. The van der Waals surface area contributed by atoms with Crippen LogP contribution in [0.15, 0.2) is 9.72 Å². The molecule has 106 valence electrons. The van der Waals surface area contributed by atoms with Gasteiger partial charge in [0.05, 0.1) is 11.6 Å². The molecule has 1 fully saturated rings. The molecule has 1 saturated heterocycles. The average Bonchev–Trinajstić information content (AvgIpc) is 3.00. The molecule has 0 saturated carbocycles. The van der Waals surface area contributed by atoms with Gasteiger partial charge in [0.2, 0.25) is 0 Å². The zero-order chi connectivity index (χ0) is 14.0. The third kappa shape index (κ3) is 3.11. The predicted octanol–water partition coefficient (Wildman–Crippen LogP) is 0.687. The van der Waals surface area contributed by atoms with Crippen LogP contribution in [0.1, 0.15) is 30.3 Å². The number of hydrogen-bond acceptors (Lipinski definition) is 6. The van der Waals surface area contributed by atoms with Gasteiger partial charge in [-0.1, -0.05) is 0 Å². The maximum Gasteiger partial charge on any atom is 0.356 e. The number of sulfonamides is 1. The molecule has 1 aliphatic rings. The van der Waals surface area contributed by atoms with Crippen molar-refractivity contribution in [2.75, 3.05) is 6.61 Å². The van der Waals surface area contributed by atoms with Crippen LogP contribution < -0.4 is 4.72 Å². The SMILES string of the molecule is CC(NS(=O)(=O)c1scnc1C(=O)O)C1CCCO1. The van der Waals surface area contributed by atoms with Crippen LogP contribution in [0.5, 0.6) is 0 Å². The molecule has 1 aromatic rings. The van der Waals surface area contributed by atoms with Gasteiger partial charge in [-0.2, -0.15) is 0 Å². The molecule has 1 aromatic heterocycles. The Hall–Kier alpha value is -1.03. The van der Waals surface area contributed by atoms with Crippen molar-refractivity contribution in [2.45, 2.75) is 36.1 Å². The van der Waals surface area contributed by atoms with Crippen LogP contribution in [0, 0.1) is 0 Å². The Bertz CT molecular complexity index is 562. The van der Waals surface area contributed by atoms with Gasteiger partial charge >= 0.3 is 5.97 Å². The lowest BCUT2D eigenvalue weighted by Gasteiger charge is -2.19. The summed E-state index contributed by atoms with van der Waals surface area (Å²) in [5.41, 5.74) is 0.756. The number of nitrogens with one attached hydrogen (secondary N) is 1. The van der Waals surface area contributed by atoms with Crippen LogP contribution in [-0.4, -0.2) is 43.2 Å². The summed E-state index contributed by atoms with van der Waals surface area (Å²) in [7, 11) is -3.88. The van der Waals surface area contributed by atoms with Crippen molar-refractivity contribution < 1.29 is 23.1 Å². The number of carbonyl (C=O) groups is 1. The number of carboxylic acids is 1. The van der Waals surface area contributed by atoms with Crippen LogP contribution >= 0.6 is 11.3 Å². The molecule has 2 atom stereocenters. The molecule has 0 radical (unpaired) electrons. The molecule has 9 heteroatoms. The minimum Gasteiger partial charge on any atom is -0.476 e. The highest BCUT2D eigenvalue weighted by Crippen LogP contribution is 2.22. The standard InChI is InChI=1S/C10H14N2O5S2/c1-6(7-3-2-4-17-7)12-19(15,16)10-8(9(13)14)11-5-18-10/h5-7,12H,2-4H2,1H3,(H,13,14). The van der Waals surface area contributed by atoms with Crippen LogP contribution in [0.25, 0.3) is 0 Å². The summed E-state index contributed by atoms with van der Waals surface area (Å²) in [5, 5.41) is 8.89. The van der Waals surface area contributed by atoms with Gasteiger partial charge in [-0.05, 0) is 19.8 Å². The van der Waals surface area contributed by atoms with Crippen LogP contribution in [0.2, 0.25) is 0 Å². The van der Waals surface area contributed by atoms with Crippen LogP contribution in [0.3, 0.4) is 0 Å². The van der Waals surface area contributed by atoms with Crippen molar-refractivity contribution in [1.29, 1.82) is 0 Å². The molecule has 0 aliphatic carbocycles. The van der Waals surface area contributed by atoms with Gasteiger partial charge in [0, 0.05) is 12.6 Å². The maximum atomic E-state index is 12.1. The summed E-state index contributed by atoms with van der Waals surface area (Å²) in [6, 6.07) is -0.406. The number of aromatic carboxylic acids is 1. The van der Waals surface area contributed by atoms with E-state index in [1.807, 2.05) is 0 Å². The van der Waals surface area contributed by atoms with E-state index >= 15 is 0 Å². The second-order valence-electron chi connectivity index (χ2n) is 4.26. The molecule has 2 N–H and O–H groups in total. The van der Waals surface area contributed by atoms with Crippen molar-refractivity contribution in [3.63, 3.8) is 0 Å². The Morgan fingerprint density at radius 1 is 1.68 bits per heavy atom. The fourth-order valence-electron chi connectivity index (χ4n) is 1.94. The minimum absolute atomic E-state index is 0.170. The van der Waals surface area contributed by atoms with E-state index in [9.17, 15) is 13.2 Å². The number of nitrogens with zero attached hydrogens (tertiary/aromatic N) is 1. The molecular weight excluding hydrogens is 292 g/mol. The molecule has 0 bridgehead atoms. The smallest absolute Gasteiger partial charge is 0.356 e. The number of aromatic nitrogens is 1. The number of thiazole rings is 1. The van der Waals surface area contributed by atoms with Gasteiger partial charge in [-0.25, -0.2) is 22.9 Å². The van der Waals surface area contributed by atoms with Gasteiger partial charge in [-0.3, -0.25) is 0 Å². The van der Waals surface area contributed by atoms with E-state index in [-0.39, 0.29) is 10.3 Å². The number of carboxylic acid groups (broad SMARTS) is 1. The summed E-state index contributed by atoms with van der Waals surface area (Å²) < 4.78 is 31.8. The van der Waals surface area contributed by atoms with E-state index in [1.54, 1.807) is 6.92 Å². The Morgan fingerprint density at radius 2 is 2.42 bits per heavy atom. The Morgan fingerprint density at radius 3 is 3.00 bits per heavy atom. The molecule has 2 rings (SSSR count). The topological polar surface area (TPSA) is 106 Å². The summed E-state index contributed by atoms with van der Waals surface area (Å²) in [5.74, 6) is -1.36. The first-order chi connectivity index (χ1) is 8.92. The van der Waals surface area contributed by atoms with Crippen molar-refractivity contribution in [3.05, 3.63) is 11.2 Å². The average molecular weight is 306 g/mol. The maximum absolute atomic E-state index is 12.1. The first-order valence-electron chi connectivity index (χ1n) is 5.72. The van der Waals surface area contributed by atoms with E-state index in [1.165, 1.54) is 5.51 Å². The molecule has 19 heavy (non-hydrogen) atoms. The first-order valence-corrected chi connectivity index (χ1v) is 8.09. The molecule has 0 aromatic carbocycles. The third-order valence-corrected chi connectivity index (χ3v) is 5.77. The summed E-state index contributed by atoms with van der Waals surface area (Å²) >= 11 is 0.786. The molecule has 0 spiro atoms. The van der Waals surface area contributed by atoms with Crippen molar-refractivity contribution in [1.82, 2.24) is 9.71 Å². The highest BCUT2D eigenvalue weighted by atomic mass is 32.2. The molecule has 2 heterocycles. The van der Waals surface area contributed by atoms with E-state index < -0.39 is 27.7 Å². The second kappa shape index (κ2) is 5.53. The lowest BCUT2D eigenvalue weighted by molar-refractivity contribution is 0.0687. The number of hydrogen-bond donors (Lipinski definition) is 2. The van der Waals surface area contributed by atoms with Gasteiger partial charge in [0.15, 0.2) is 9.90 Å². The van der Waals surface area contributed by atoms with Crippen molar-refractivity contribution >= 4 is 27.3 Å². The zero-order valence-corrected chi connectivity index (χ0v) is 11.8. The number of rotatable bonds is 5. The lowest BCUT2D eigenvalue weighted by Crippen LogP contribution is -2.40. The van der Waals surface area contributed by atoms with E-state index in [4.69, 9.17) is 9.84 Å². The Labute approximate surface area is 114 Å². The molecule has 7 nitrogen and oxygen atoms in total. The molecular formula is C10H14N2O5S2. The van der Waals surface area contributed by atoms with Crippen LogP contribution in [0.4, 0.5) is 0 Å². The fourth-order valence-corrected chi connectivity index (χ4v) is 4.37. The largest absolute Gasteiger partial charge is 0.476 e. The number of ether oxygens (including phenoxy) is 1. The lowest BCUT2D eigenvalue weighted by atomic mass is 10.1. The van der Waals surface area contributed by atoms with E-state index in [0.717, 1.165) is 24.2 Å². The first kappa shape index (κ1) is 14.4. The second-order valence-corrected chi connectivity index (χ2v) is 7.02. The highest BCUT2D eigenvalue weighted by molar-refractivity contribution is 7.91. The molecule has 2 unspecified atom stereocenters. The predicted molar refractivity (Wildman–Crippen MR) is 67.8 cm³/mol. The van der Waals surface area contributed by atoms with Crippen molar-refractivity contribution in [3.8, 4) is 0 Å². The minimum atomic E-state index is -3.88. The third-order valence-electron chi connectivity index (χ3n) is 2.85. The van der Waals surface area contributed by atoms with E-state index in [2.05, 4.69) is 9.71 Å². The highest BCUT2D eigenvalue weighted by Gasteiger charge is 2.31.